The van der Waals surface area contributed by atoms with Gasteiger partial charge in [0.05, 0.1) is 12.1 Å². The van der Waals surface area contributed by atoms with Gasteiger partial charge in [-0.1, -0.05) is 43.0 Å². The molecular formula is C19H19NO3. The molecule has 0 bridgehead atoms. The Hall–Kier alpha value is -2.75. The third-order valence-electron chi connectivity index (χ3n) is 3.74. The Labute approximate surface area is 135 Å². The van der Waals surface area contributed by atoms with Crippen molar-refractivity contribution in [3.63, 3.8) is 0 Å². The molecule has 1 heterocycles. The fraction of sp³-hybridized carbons (Fsp3) is 0.211. The third kappa shape index (κ3) is 3.54. The first kappa shape index (κ1) is 15.2. The summed E-state index contributed by atoms with van der Waals surface area (Å²) in [6.45, 7) is 5.70. The summed E-state index contributed by atoms with van der Waals surface area (Å²) >= 11 is 0. The first-order valence-corrected chi connectivity index (χ1v) is 7.60. The van der Waals surface area contributed by atoms with Gasteiger partial charge in [-0.15, -0.1) is 0 Å². The number of ether oxygens (including phenoxy) is 2. The van der Waals surface area contributed by atoms with Gasteiger partial charge in [0.25, 0.3) is 0 Å². The van der Waals surface area contributed by atoms with Crippen LogP contribution in [0.2, 0.25) is 0 Å². The molecule has 0 unspecified atom stereocenters. The second-order valence-corrected chi connectivity index (χ2v) is 5.47. The molecule has 3 rings (SSSR count). The molecule has 0 spiro atoms. The number of hydrogen-bond acceptors (Lipinski definition) is 3. The first-order chi connectivity index (χ1) is 11.2. The van der Waals surface area contributed by atoms with Crippen LogP contribution >= 0.6 is 0 Å². The van der Waals surface area contributed by atoms with Gasteiger partial charge in [-0.05, 0) is 24.6 Å². The minimum absolute atomic E-state index is 0.0789. The molecule has 2 aromatic rings. The van der Waals surface area contributed by atoms with Crippen LogP contribution in [0, 0.1) is 0 Å². The van der Waals surface area contributed by atoms with Crippen molar-refractivity contribution in [1.29, 1.82) is 0 Å². The average Bonchev–Trinajstić information content (AvgIpc) is 2.73. The Kier molecular flexibility index (Phi) is 4.33. The highest BCUT2D eigenvalue weighted by Crippen LogP contribution is 2.34. The molecule has 1 aliphatic heterocycles. The molecule has 23 heavy (non-hydrogen) atoms. The maximum Gasteiger partial charge on any atom is 0.228 e. The van der Waals surface area contributed by atoms with Gasteiger partial charge >= 0.3 is 0 Å². The van der Waals surface area contributed by atoms with Gasteiger partial charge in [-0.2, -0.15) is 0 Å². The van der Waals surface area contributed by atoms with Crippen LogP contribution in [0.25, 0.3) is 0 Å². The van der Waals surface area contributed by atoms with Gasteiger partial charge in [0, 0.05) is 6.07 Å². The molecule has 0 radical (unpaired) electrons. The molecule has 0 fully saturated rings. The van der Waals surface area contributed by atoms with Crippen molar-refractivity contribution >= 4 is 11.6 Å². The largest absolute Gasteiger partial charge is 0.486 e. The van der Waals surface area contributed by atoms with Crippen LogP contribution in [0.3, 0.4) is 0 Å². The lowest BCUT2D eigenvalue weighted by Crippen LogP contribution is -2.18. The van der Waals surface area contributed by atoms with Crippen LogP contribution < -0.4 is 14.8 Å². The molecule has 2 atom stereocenters. The predicted octanol–water partition coefficient (Wildman–Crippen LogP) is 4.10. The Morgan fingerprint density at radius 2 is 2.09 bits per heavy atom. The van der Waals surface area contributed by atoms with Crippen molar-refractivity contribution in [2.75, 3.05) is 5.32 Å². The number of nitrogens with one attached hydrogen (secondary N) is 1. The summed E-state index contributed by atoms with van der Waals surface area (Å²) in [5, 5.41) is 2.83. The Balaban J connectivity index is 1.81. The second-order valence-electron chi connectivity index (χ2n) is 5.47. The molecule has 0 aromatic heterocycles. The summed E-state index contributed by atoms with van der Waals surface area (Å²) in [7, 11) is 0. The first-order valence-electron chi connectivity index (χ1n) is 7.60. The zero-order chi connectivity index (χ0) is 16.2. The van der Waals surface area contributed by atoms with Crippen molar-refractivity contribution in [1.82, 2.24) is 0 Å². The van der Waals surface area contributed by atoms with Crippen LogP contribution in [0.1, 0.15) is 25.0 Å². The smallest absolute Gasteiger partial charge is 0.228 e. The molecule has 0 aliphatic carbocycles. The molecule has 4 nitrogen and oxygen atoms in total. The number of benzene rings is 2. The molecule has 1 amide bonds. The van der Waals surface area contributed by atoms with Crippen LogP contribution in [-0.4, -0.2) is 12.0 Å². The standard InChI is InChI=1S/C19H19NO3/c1-3-15-12-19(21)20-17-10-9-16(11-18(17)23-15)22-13(2)14-7-5-4-6-8-14/h3-11,13,15H,1,12H2,2H3,(H,20,21)/t13-,15+/m0/s1. The third-order valence-corrected chi connectivity index (χ3v) is 3.74. The van der Waals surface area contributed by atoms with Gasteiger partial charge < -0.3 is 14.8 Å². The lowest BCUT2D eigenvalue weighted by atomic mass is 10.1. The van der Waals surface area contributed by atoms with E-state index in [1.54, 1.807) is 18.2 Å². The topological polar surface area (TPSA) is 47.6 Å². The second kappa shape index (κ2) is 6.57. The highest BCUT2D eigenvalue weighted by Gasteiger charge is 2.21. The summed E-state index contributed by atoms with van der Waals surface area (Å²) in [6, 6.07) is 15.4. The average molecular weight is 309 g/mol. The van der Waals surface area contributed by atoms with E-state index >= 15 is 0 Å². The minimum atomic E-state index is -0.335. The van der Waals surface area contributed by atoms with Crippen LogP contribution in [-0.2, 0) is 4.79 Å². The van der Waals surface area contributed by atoms with Crippen LogP contribution in [0.15, 0.2) is 61.2 Å². The summed E-state index contributed by atoms with van der Waals surface area (Å²) < 4.78 is 11.8. The normalized spacial score (nSPS) is 18.0. The SMILES string of the molecule is C=C[C@@H]1CC(=O)Nc2ccc(O[C@@H](C)c3ccccc3)cc2O1. The number of anilines is 1. The van der Waals surface area contributed by atoms with Gasteiger partial charge in [0.1, 0.15) is 23.7 Å². The maximum absolute atomic E-state index is 11.8. The number of carbonyl (C=O) groups is 1. The Morgan fingerprint density at radius 1 is 1.30 bits per heavy atom. The Bertz CT molecular complexity index is 712. The van der Waals surface area contributed by atoms with E-state index in [9.17, 15) is 4.79 Å². The van der Waals surface area contributed by atoms with E-state index in [1.807, 2.05) is 43.3 Å². The number of rotatable bonds is 4. The van der Waals surface area contributed by atoms with Crippen molar-refractivity contribution in [2.45, 2.75) is 25.6 Å². The highest BCUT2D eigenvalue weighted by molar-refractivity contribution is 5.93. The van der Waals surface area contributed by atoms with Crippen LogP contribution in [0.5, 0.6) is 11.5 Å². The van der Waals surface area contributed by atoms with E-state index in [2.05, 4.69) is 11.9 Å². The van der Waals surface area contributed by atoms with Crippen LogP contribution in [0.4, 0.5) is 5.69 Å². The molecule has 2 aromatic carbocycles. The van der Waals surface area contributed by atoms with Crippen molar-refractivity contribution < 1.29 is 14.3 Å². The van der Waals surface area contributed by atoms with Gasteiger partial charge in [-0.25, -0.2) is 0 Å². The fourth-order valence-corrected chi connectivity index (χ4v) is 2.49. The van der Waals surface area contributed by atoms with E-state index in [1.165, 1.54) is 0 Å². The lowest BCUT2D eigenvalue weighted by molar-refractivity contribution is -0.117. The van der Waals surface area contributed by atoms with E-state index in [0.717, 1.165) is 5.56 Å². The minimum Gasteiger partial charge on any atom is -0.486 e. The zero-order valence-corrected chi connectivity index (χ0v) is 13.0. The van der Waals surface area contributed by atoms with E-state index in [4.69, 9.17) is 9.47 Å². The Morgan fingerprint density at radius 3 is 2.83 bits per heavy atom. The summed E-state index contributed by atoms with van der Waals surface area (Å²) in [6.07, 6.45) is 1.48. The van der Waals surface area contributed by atoms with Gasteiger partial charge in [-0.3, -0.25) is 4.79 Å². The molecule has 4 heteroatoms. The van der Waals surface area contributed by atoms with E-state index in [0.29, 0.717) is 17.2 Å². The molecule has 118 valence electrons. The van der Waals surface area contributed by atoms with Crippen molar-refractivity contribution in [2.24, 2.45) is 0 Å². The zero-order valence-electron chi connectivity index (χ0n) is 13.0. The fourth-order valence-electron chi connectivity index (χ4n) is 2.49. The molecular weight excluding hydrogens is 290 g/mol. The van der Waals surface area contributed by atoms with E-state index < -0.39 is 0 Å². The van der Waals surface area contributed by atoms with Gasteiger partial charge in [0.15, 0.2) is 0 Å². The number of carbonyl (C=O) groups excluding carboxylic acids is 1. The quantitative estimate of drug-likeness (QED) is 0.865. The maximum atomic E-state index is 11.8. The monoisotopic (exact) mass is 309 g/mol. The van der Waals surface area contributed by atoms with Gasteiger partial charge in [0.2, 0.25) is 5.91 Å². The molecule has 1 aliphatic rings. The van der Waals surface area contributed by atoms with E-state index in [-0.39, 0.29) is 24.5 Å². The molecule has 0 saturated heterocycles. The number of fused-ring (bicyclic) bond motifs is 1. The number of hydrogen-bond donors (Lipinski definition) is 1. The summed E-state index contributed by atoms with van der Waals surface area (Å²) in [4.78, 5) is 11.8. The lowest BCUT2D eigenvalue weighted by Gasteiger charge is -2.17. The summed E-state index contributed by atoms with van der Waals surface area (Å²) in [5.41, 5.74) is 1.75. The predicted molar refractivity (Wildman–Crippen MR) is 89.8 cm³/mol. The molecule has 1 N–H and O–H groups in total. The molecule has 0 saturated carbocycles. The highest BCUT2D eigenvalue weighted by atomic mass is 16.5. The van der Waals surface area contributed by atoms with Crippen molar-refractivity contribution in [3.05, 3.63) is 66.7 Å². The number of amides is 1. The van der Waals surface area contributed by atoms with Crippen molar-refractivity contribution in [3.8, 4) is 11.5 Å². The summed E-state index contributed by atoms with van der Waals surface area (Å²) in [5.74, 6) is 1.21.